The molecule has 122 valence electrons. The molecule has 0 atom stereocenters. The maximum absolute atomic E-state index is 5.28. The van der Waals surface area contributed by atoms with Crippen molar-refractivity contribution < 1.29 is 19.6 Å². The van der Waals surface area contributed by atoms with E-state index in [1.807, 2.05) is 66.7 Å². The highest BCUT2D eigenvalue weighted by atomic mass is 17.2. The quantitative estimate of drug-likeness (QED) is 0.445. The van der Waals surface area contributed by atoms with Crippen LogP contribution >= 0.6 is 0 Å². The molecule has 3 rings (SSSR count). The van der Waals surface area contributed by atoms with Gasteiger partial charge in [0.05, 0.1) is 0 Å². The molecule has 4 nitrogen and oxygen atoms in total. The Kier molecular flexibility index (Phi) is 5.83. The molecule has 0 N–H and O–H groups in total. The van der Waals surface area contributed by atoms with Gasteiger partial charge in [0.25, 0.3) is 0 Å². The average molecular weight is 322 g/mol. The molecule has 0 aliphatic heterocycles. The molecular formula is C20H18O4. The van der Waals surface area contributed by atoms with E-state index < -0.39 is 0 Å². The van der Waals surface area contributed by atoms with Gasteiger partial charge < -0.3 is 9.78 Å². The fraction of sp³-hybridized carbons (Fsp3) is 0.100. The molecule has 0 bridgehead atoms. The molecule has 0 radical (unpaired) electrons. The monoisotopic (exact) mass is 322 g/mol. The minimum Gasteiger partial charge on any atom is -0.337 e. The molecule has 0 unspecified atom stereocenters. The predicted octanol–water partition coefficient (Wildman–Crippen LogP) is 4.71. The molecule has 3 aromatic carbocycles. The molecule has 0 aliphatic rings. The first-order valence-electron chi connectivity index (χ1n) is 7.67. The Hall–Kier alpha value is -2.82. The summed E-state index contributed by atoms with van der Waals surface area (Å²) in [7, 11) is 0. The van der Waals surface area contributed by atoms with Crippen LogP contribution in [0, 0.1) is 0 Å². The first kappa shape index (κ1) is 16.1. The van der Waals surface area contributed by atoms with Gasteiger partial charge in [-0.25, -0.2) is 0 Å². The van der Waals surface area contributed by atoms with Crippen LogP contribution in [0.25, 0.3) is 0 Å². The van der Waals surface area contributed by atoms with Gasteiger partial charge >= 0.3 is 0 Å². The summed E-state index contributed by atoms with van der Waals surface area (Å²) >= 11 is 0. The van der Waals surface area contributed by atoms with Gasteiger partial charge in [-0.05, 0) is 23.3 Å². The second-order valence-electron chi connectivity index (χ2n) is 5.14. The Morgan fingerprint density at radius 3 is 1.42 bits per heavy atom. The van der Waals surface area contributed by atoms with Crippen molar-refractivity contribution in [2.24, 2.45) is 0 Å². The first-order chi connectivity index (χ1) is 11.9. The number of hydrogen-bond acceptors (Lipinski definition) is 4. The van der Waals surface area contributed by atoms with Gasteiger partial charge in [-0.3, -0.25) is 0 Å². The van der Waals surface area contributed by atoms with Crippen LogP contribution in [0.15, 0.2) is 84.9 Å². The third kappa shape index (κ3) is 5.12. The summed E-state index contributed by atoms with van der Waals surface area (Å²) in [5, 5.41) is 0. The minimum absolute atomic E-state index is 0.371. The van der Waals surface area contributed by atoms with Crippen molar-refractivity contribution in [1.29, 1.82) is 0 Å². The zero-order valence-corrected chi connectivity index (χ0v) is 13.1. The number of hydrogen-bond donors (Lipinski definition) is 0. The Labute approximate surface area is 141 Å². The van der Waals surface area contributed by atoms with Crippen molar-refractivity contribution in [3.8, 4) is 11.5 Å². The Bertz CT molecular complexity index is 668. The van der Waals surface area contributed by atoms with Crippen LogP contribution < -0.4 is 9.78 Å². The van der Waals surface area contributed by atoms with E-state index in [9.17, 15) is 0 Å². The van der Waals surface area contributed by atoms with E-state index in [2.05, 4.69) is 0 Å². The topological polar surface area (TPSA) is 36.9 Å². The maximum atomic E-state index is 5.28. The number of rotatable bonds is 8. The zero-order valence-electron chi connectivity index (χ0n) is 13.1. The standard InChI is InChI=1S/C20H18O4/c1-3-8-17(9-4-1)15-21-23-19-12-7-13-20(14-19)24-22-16-18-10-5-2-6-11-18/h1-14H,15-16H2. The Morgan fingerprint density at radius 1 is 0.500 bits per heavy atom. The molecule has 4 heteroatoms. The summed E-state index contributed by atoms with van der Waals surface area (Å²) in [5.41, 5.74) is 2.08. The minimum atomic E-state index is 0.371. The summed E-state index contributed by atoms with van der Waals surface area (Å²) in [6.45, 7) is 0.743. The largest absolute Gasteiger partial charge is 0.337 e. The van der Waals surface area contributed by atoms with Crippen molar-refractivity contribution in [3.05, 3.63) is 96.1 Å². The second kappa shape index (κ2) is 8.72. The summed E-state index contributed by atoms with van der Waals surface area (Å²) < 4.78 is 0. The van der Waals surface area contributed by atoms with E-state index >= 15 is 0 Å². The molecule has 3 aromatic rings. The average Bonchev–Trinajstić information content (AvgIpc) is 2.64. The van der Waals surface area contributed by atoms with Gasteiger partial charge in [-0.15, -0.1) is 0 Å². The molecule has 0 heterocycles. The number of benzene rings is 3. The van der Waals surface area contributed by atoms with Crippen LogP contribution in [0.3, 0.4) is 0 Å². The molecular weight excluding hydrogens is 304 g/mol. The molecule has 0 spiro atoms. The lowest BCUT2D eigenvalue weighted by atomic mass is 10.2. The van der Waals surface area contributed by atoms with Crippen molar-refractivity contribution in [2.45, 2.75) is 13.2 Å². The highest BCUT2D eigenvalue weighted by Gasteiger charge is 2.01. The van der Waals surface area contributed by atoms with E-state index in [-0.39, 0.29) is 0 Å². The Morgan fingerprint density at radius 2 is 0.958 bits per heavy atom. The van der Waals surface area contributed by atoms with Gasteiger partial charge in [0.2, 0.25) is 0 Å². The first-order valence-corrected chi connectivity index (χ1v) is 7.67. The van der Waals surface area contributed by atoms with Gasteiger partial charge in [-0.2, -0.15) is 9.78 Å². The lowest BCUT2D eigenvalue weighted by molar-refractivity contribution is -0.223. The zero-order chi connectivity index (χ0) is 16.5. The summed E-state index contributed by atoms with van der Waals surface area (Å²) in [5.74, 6) is 1.10. The van der Waals surface area contributed by atoms with E-state index in [4.69, 9.17) is 19.6 Å². The molecule has 0 saturated heterocycles. The lowest BCUT2D eigenvalue weighted by Gasteiger charge is -2.08. The Balaban J connectivity index is 1.45. The lowest BCUT2D eigenvalue weighted by Crippen LogP contribution is -2.00. The van der Waals surface area contributed by atoms with E-state index in [1.54, 1.807) is 18.2 Å². The third-order valence-corrected chi connectivity index (χ3v) is 3.25. The second-order valence-corrected chi connectivity index (χ2v) is 5.14. The fourth-order valence-corrected chi connectivity index (χ4v) is 2.06. The molecule has 0 fully saturated rings. The summed E-state index contributed by atoms with van der Waals surface area (Å²) in [6.07, 6.45) is 0. The van der Waals surface area contributed by atoms with Gasteiger partial charge in [-0.1, -0.05) is 66.7 Å². The molecule has 0 saturated carbocycles. The summed E-state index contributed by atoms with van der Waals surface area (Å²) in [4.78, 5) is 21.0. The van der Waals surface area contributed by atoms with Crippen molar-refractivity contribution in [1.82, 2.24) is 0 Å². The van der Waals surface area contributed by atoms with E-state index in [0.717, 1.165) is 11.1 Å². The van der Waals surface area contributed by atoms with Crippen molar-refractivity contribution in [2.75, 3.05) is 0 Å². The van der Waals surface area contributed by atoms with Crippen LogP contribution in [-0.4, -0.2) is 0 Å². The molecule has 24 heavy (non-hydrogen) atoms. The van der Waals surface area contributed by atoms with Gasteiger partial charge in [0.1, 0.15) is 13.2 Å². The van der Waals surface area contributed by atoms with Crippen LogP contribution in [0.2, 0.25) is 0 Å². The van der Waals surface area contributed by atoms with E-state index in [1.165, 1.54) is 0 Å². The normalized spacial score (nSPS) is 10.3. The van der Waals surface area contributed by atoms with Gasteiger partial charge in [0.15, 0.2) is 11.5 Å². The predicted molar refractivity (Wildman–Crippen MR) is 90.2 cm³/mol. The van der Waals surface area contributed by atoms with Crippen molar-refractivity contribution >= 4 is 0 Å². The van der Waals surface area contributed by atoms with Crippen LogP contribution in [0.1, 0.15) is 11.1 Å². The molecule has 0 aromatic heterocycles. The fourth-order valence-electron chi connectivity index (χ4n) is 2.06. The highest BCUT2D eigenvalue weighted by molar-refractivity contribution is 5.32. The van der Waals surface area contributed by atoms with E-state index in [0.29, 0.717) is 24.7 Å². The van der Waals surface area contributed by atoms with Crippen LogP contribution in [-0.2, 0) is 23.0 Å². The SMILES string of the molecule is c1ccc(COOc2cccc(OOCc3ccccc3)c2)cc1. The molecule has 0 aliphatic carbocycles. The van der Waals surface area contributed by atoms with Crippen LogP contribution in [0.4, 0.5) is 0 Å². The van der Waals surface area contributed by atoms with Gasteiger partial charge in [0, 0.05) is 6.07 Å². The maximum Gasteiger partial charge on any atom is 0.169 e. The van der Waals surface area contributed by atoms with Crippen LogP contribution in [0.5, 0.6) is 11.5 Å². The summed E-state index contributed by atoms with van der Waals surface area (Å²) in [6, 6.07) is 26.7. The third-order valence-electron chi connectivity index (χ3n) is 3.25. The molecule has 0 amide bonds. The highest BCUT2D eigenvalue weighted by Crippen LogP contribution is 2.20. The smallest absolute Gasteiger partial charge is 0.169 e. The van der Waals surface area contributed by atoms with Crippen molar-refractivity contribution in [3.63, 3.8) is 0 Å².